The molecule has 0 fully saturated rings. The Morgan fingerprint density at radius 2 is 2.17 bits per heavy atom. The van der Waals surface area contributed by atoms with E-state index in [0.29, 0.717) is 16.5 Å². The van der Waals surface area contributed by atoms with Crippen molar-refractivity contribution in [1.82, 2.24) is 9.55 Å². The van der Waals surface area contributed by atoms with Crippen molar-refractivity contribution in [2.24, 2.45) is 7.05 Å². The minimum atomic E-state index is -0.221. The molecule has 118 valence electrons. The largest absolute Gasteiger partial charge is 0.290 e. The molecule has 0 amide bonds. The van der Waals surface area contributed by atoms with Crippen LogP contribution in [0, 0.1) is 5.82 Å². The van der Waals surface area contributed by atoms with Gasteiger partial charge in [0.05, 0.1) is 5.39 Å². The van der Waals surface area contributed by atoms with Crippen molar-refractivity contribution in [3.63, 3.8) is 0 Å². The summed E-state index contributed by atoms with van der Waals surface area (Å²) in [6.45, 7) is 0. The quantitative estimate of drug-likeness (QED) is 0.533. The summed E-state index contributed by atoms with van der Waals surface area (Å²) in [4.78, 5) is 19.5. The van der Waals surface area contributed by atoms with Crippen molar-refractivity contribution in [2.75, 3.05) is 0 Å². The van der Waals surface area contributed by atoms with Crippen LogP contribution in [0.25, 0.3) is 10.2 Å². The van der Waals surface area contributed by atoms with E-state index in [0.717, 1.165) is 29.5 Å². The average Bonchev–Trinajstić information content (AvgIpc) is 3.11. The Hall–Kier alpha value is -1.66. The van der Waals surface area contributed by atoms with Gasteiger partial charge in [-0.2, -0.15) is 0 Å². The number of thiophene rings is 1. The van der Waals surface area contributed by atoms with Gasteiger partial charge in [-0.15, -0.1) is 11.3 Å². The zero-order valence-electron chi connectivity index (χ0n) is 12.6. The highest BCUT2D eigenvalue weighted by molar-refractivity contribution is 7.98. The fraction of sp³-hybridized carbons (Fsp3) is 0.294. The molecule has 1 aromatic carbocycles. The third-order valence-electron chi connectivity index (χ3n) is 4.22. The standard InChI is InChI=1S/C17H15FN2OS2/c1-20-16(21)14-11-6-4-8-13(11)23-15(14)19-17(20)22-9-10-5-2-3-7-12(10)18/h2-3,5,7H,4,6,8-9H2,1H3. The molecule has 0 bridgehead atoms. The highest BCUT2D eigenvalue weighted by Gasteiger charge is 2.22. The monoisotopic (exact) mass is 346 g/mol. The number of benzene rings is 1. The fourth-order valence-corrected chi connectivity index (χ4v) is 5.25. The van der Waals surface area contributed by atoms with E-state index in [4.69, 9.17) is 0 Å². The Morgan fingerprint density at radius 3 is 3.00 bits per heavy atom. The molecule has 3 nitrogen and oxygen atoms in total. The Labute approximate surface area is 141 Å². The molecule has 2 aromatic heterocycles. The number of halogens is 1. The molecule has 1 aliphatic carbocycles. The molecule has 0 radical (unpaired) electrons. The van der Waals surface area contributed by atoms with Gasteiger partial charge in [0.25, 0.3) is 5.56 Å². The number of fused-ring (bicyclic) bond motifs is 3. The molecule has 6 heteroatoms. The molecule has 23 heavy (non-hydrogen) atoms. The first kappa shape index (κ1) is 14.9. The molecule has 0 saturated heterocycles. The van der Waals surface area contributed by atoms with Gasteiger partial charge in [0.2, 0.25) is 0 Å². The summed E-state index contributed by atoms with van der Waals surface area (Å²) < 4.78 is 15.3. The minimum absolute atomic E-state index is 0.0189. The maximum Gasteiger partial charge on any atom is 0.262 e. The van der Waals surface area contributed by atoms with Crippen LogP contribution < -0.4 is 5.56 Å². The highest BCUT2D eigenvalue weighted by Crippen LogP contribution is 2.35. The second-order valence-corrected chi connectivity index (χ2v) is 7.70. The number of hydrogen-bond donors (Lipinski definition) is 0. The summed E-state index contributed by atoms with van der Waals surface area (Å²) >= 11 is 3.04. The molecule has 0 spiro atoms. The minimum Gasteiger partial charge on any atom is -0.290 e. The summed E-state index contributed by atoms with van der Waals surface area (Å²) in [7, 11) is 1.75. The molecule has 0 atom stereocenters. The smallest absolute Gasteiger partial charge is 0.262 e. The van der Waals surface area contributed by atoms with Gasteiger partial charge in [0.15, 0.2) is 5.16 Å². The van der Waals surface area contributed by atoms with E-state index in [9.17, 15) is 9.18 Å². The van der Waals surface area contributed by atoms with Crippen LogP contribution in [0.5, 0.6) is 0 Å². The number of hydrogen-bond acceptors (Lipinski definition) is 4. The van der Waals surface area contributed by atoms with E-state index in [-0.39, 0.29) is 11.4 Å². The average molecular weight is 346 g/mol. The maximum atomic E-state index is 13.7. The van der Waals surface area contributed by atoms with Crippen molar-refractivity contribution >= 4 is 33.3 Å². The van der Waals surface area contributed by atoms with Gasteiger partial charge < -0.3 is 0 Å². The summed E-state index contributed by atoms with van der Waals surface area (Å²) in [6, 6.07) is 6.71. The van der Waals surface area contributed by atoms with E-state index >= 15 is 0 Å². The first-order chi connectivity index (χ1) is 11.1. The second-order valence-electron chi connectivity index (χ2n) is 5.68. The van der Waals surface area contributed by atoms with Crippen molar-refractivity contribution in [3.05, 3.63) is 56.4 Å². The Balaban J connectivity index is 1.72. The van der Waals surface area contributed by atoms with Crippen LogP contribution in [-0.2, 0) is 25.6 Å². The summed E-state index contributed by atoms with van der Waals surface area (Å²) in [5, 5.41) is 1.44. The lowest BCUT2D eigenvalue weighted by Gasteiger charge is -2.08. The summed E-state index contributed by atoms with van der Waals surface area (Å²) in [6.07, 6.45) is 3.16. The van der Waals surface area contributed by atoms with Crippen LogP contribution >= 0.6 is 23.1 Å². The molecular formula is C17H15FN2OS2. The lowest BCUT2D eigenvalue weighted by atomic mass is 10.2. The van der Waals surface area contributed by atoms with Crippen LogP contribution in [0.1, 0.15) is 22.4 Å². The highest BCUT2D eigenvalue weighted by atomic mass is 32.2. The van der Waals surface area contributed by atoms with Gasteiger partial charge in [-0.05, 0) is 36.5 Å². The van der Waals surface area contributed by atoms with Crippen LogP contribution in [-0.4, -0.2) is 9.55 Å². The zero-order valence-corrected chi connectivity index (χ0v) is 14.3. The first-order valence-corrected chi connectivity index (χ1v) is 9.33. The number of aryl methyl sites for hydroxylation is 2. The molecule has 0 aliphatic heterocycles. The Morgan fingerprint density at radius 1 is 1.35 bits per heavy atom. The molecule has 2 heterocycles. The molecule has 1 aliphatic rings. The summed E-state index contributed by atoms with van der Waals surface area (Å²) in [5.74, 6) is 0.241. The van der Waals surface area contributed by atoms with Gasteiger partial charge in [-0.1, -0.05) is 30.0 Å². The van der Waals surface area contributed by atoms with Gasteiger partial charge in [-0.3, -0.25) is 9.36 Å². The normalized spacial score (nSPS) is 13.7. The van der Waals surface area contributed by atoms with Gasteiger partial charge >= 0.3 is 0 Å². The Bertz CT molecular complexity index is 961. The SMILES string of the molecule is Cn1c(SCc2ccccc2F)nc2sc3c(c2c1=O)CCC3. The number of aromatic nitrogens is 2. The predicted molar refractivity (Wildman–Crippen MR) is 92.8 cm³/mol. The van der Waals surface area contributed by atoms with E-state index in [1.807, 2.05) is 6.07 Å². The van der Waals surface area contributed by atoms with Crippen molar-refractivity contribution in [1.29, 1.82) is 0 Å². The van der Waals surface area contributed by atoms with Crippen molar-refractivity contribution < 1.29 is 4.39 Å². The van der Waals surface area contributed by atoms with Gasteiger partial charge in [0, 0.05) is 17.7 Å². The van der Waals surface area contributed by atoms with Crippen LogP contribution in [0.3, 0.4) is 0 Å². The third kappa shape index (κ3) is 2.50. The van der Waals surface area contributed by atoms with Crippen LogP contribution in [0.4, 0.5) is 4.39 Å². The number of thioether (sulfide) groups is 1. The molecule has 4 rings (SSSR count). The van der Waals surface area contributed by atoms with Crippen molar-refractivity contribution in [2.45, 2.75) is 30.2 Å². The van der Waals surface area contributed by atoms with E-state index in [2.05, 4.69) is 4.98 Å². The number of nitrogens with zero attached hydrogens (tertiary/aromatic N) is 2. The maximum absolute atomic E-state index is 13.7. The Kier molecular flexibility index (Phi) is 3.73. The molecule has 0 saturated carbocycles. The third-order valence-corrected chi connectivity index (χ3v) is 6.48. The van der Waals surface area contributed by atoms with Crippen LogP contribution in [0.2, 0.25) is 0 Å². The van der Waals surface area contributed by atoms with Gasteiger partial charge in [-0.25, -0.2) is 9.37 Å². The van der Waals surface area contributed by atoms with Gasteiger partial charge in [0.1, 0.15) is 10.6 Å². The van der Waals surface area contributed by atoms with E-state index in [1.165, 1.54) is 28.3 Å². The first-order valence-electron chi connectivity index (χ1n) is 7.52. The fourth-order valence-electron chi connectivity index (χ4n) is 2.99. The second kappa shape index (κ2) is 5.76. The van der Waals surface area contributed by atoms with E-state index in [1.54, 1.807) is 35.1 Å². The van der Waals surface area contributed by atoms with Crippen LogP contribution in [0.15, 0.2) is 34.2 Å². The lowest BCUT2D eigenvalue weighted by molar-refractivity contribution is 0.617. The molecule has 3 aromatic rings. The predicted octanol–water partition coefficient (Wildman–Crippen LogP) is 3.92. The molecule has 0 N–H and O–H groups in total. The van der Waals surface area contributed by atoms with Crippen molar-refractivity contribution in [3.8, 4) is 0 Å². The molecular weight excluding hydrogens is 331 g/mol. The lowest BCUT2D eigenvalue weighted by Crippen LogP contribution is -2.20. The zero-order chi connectivity index (χ0) is 16.0. The van der Waals surface area contributed by atoms with E-state index < -0.39 is 0 Å². The molecule has 0 unspecified atom stereocenters. The number of rotatable bonds is 3. The summed E-state index contributed by atoms with van der Waals surface area (Å²) in [5.41, 5.74) is 1.84. The topological polar surface area (TPSA) is 34.9 Å².